The number of ether oxygens (including phenoxy) is 1. The first-order valence-electron chi connectivity index (χ1n) is 7.99. The zero-order valence-electron chi connectivity index (χ0n) is 13.4. The summed E-state index contributed by atoms with van der Waals surface area (Å²) in [6.45, 7) is 2.09. The Labute approximate surface area is 141 Å². The summed E-state index contributed by atoms with van der Waals surface area (Å²) in [4.78, 5) is 4.86. The second-order valence-electron chi connectivity index (χ2n) is 5.81. The lowest BCUT2D eigenvalue weighted by Crippen LogP contribution is -1.93. The van der Waals surface area contributed by atoms with Gasteiger partial charge in [0.2, 0.25) is 0 Å². The molecule has 116 valence electrons. The van der Waals surface area contributed by atoms with Crippen LogP contribution in [-0.2, 0) is 0 Å². The Bertz CT molecular complexity index is 979. The van der Waals surface area contributed by atoms with Crippen molar-refractivity contribution >= 4 is 10.9 Å². The van der Waals surface area contributed by atoms with Crippen molar-refractivity contribution in [3.8, 4) is 22.8 Å². The van der Waals surface area contributed by atoms with E-state index in [1.165, 1.54) is 5.56 Å². The van der Waals surface area contributed by atoms with Crippen molar-refractivity contribution in [2.24, 2.45) is 0 Å². The predicted molar refractivity (Wildman–Crippen MR) is 98.4 cm³/mol. The lowest BCUT2D eigenvalue weighted by Gasteiger charge is -2.12. The van der Waals surface area contributed by atoms with Gasteiger partial charge in [-0.05, 0) is 37.3 Å². The molecule has 1 heterocycles. The van der Waals surface area contributed by atoms with E-state index >= 15 is 0 Å². The van der Waals surface area contributed by atoms with Gasteiger partial charge in [0.15, 0.2) is 5.75 Å². The minimum absolute atomic E-state index is 0.769. The monoisotopic (exact) mass is 311 g/mol. The van der Waals surface area contributed by atoms with Gasteiger partial charge in [-0.25, -0.2) is 4.98 Å². The van der Waals surface area contributed by atoms with Crippen LogP contribution in [0.1, 0.15) is 5.56 Å². The zero-order chi connectivity index (χ0) is 16.4. The van der Waals surface area contributed by atoms with E-state index in [1.807, 2.05) is 48.5 Å². The summed E-state index contributed by atoms with van der Waals surface area (Å²) in [5, 5.41) is 1.08. The Hall–Kier alpha value is -3.13. The lowest BCUT2D eigenvalue weighted by atomic mass is 10.1. The molecule has 4 aromatic rings. The van der Waals surface area contributed by atoms with E-state index in [-0.39, 0.29) is 0 Å². The Kier molecular flexibility index (Phi) is 3.72. The van der Waals surface area contributed by atoms with E-state index in [0.29, 0.717) is 0 Å². The van der Waals surface area contributed by atoms with Crippen molar-refractivity contribution in [3.63, 3.8) is 0 Å². The fraction of sp³-hybridized carbons (Fsp3) is 0.0455. The molecule has 0 fully saturated rings. The molecule has 0 amide bonds. The number of nitrogens with zero attached hydrogens (tertiary/aromatic N) is 1. The standard InChI is InChI=1S/C22H17NO/c1-16-12-13-20-18(14-16)15-21(24-19-10-6-3-7-11-19)22(23-20)17-8-4-2-5-9-17/h2-15H,1H3. The lowest BCUT2D eigenvalue weighted by molar-refractivity contribution is 0.483. The third kappa shape index (κ3) is 2.86. The molecule has 2 nitrogen and oxygen atoms in total. The van der Waals surface area contributed by atoms with Crippen molar-refractivity contribution in [2.75, 3.05) is 0 Å². The fourth-order valence-electron chi connectivity index (χ4n) is 2.77. The number of hydrogen-bond donors (Lipinski definition) is 0. The number of aryl methyl sites for hydroxylation is 1. The summed E-state index contributed by atoms with van der Waals surface area (Å²) in [5.74, 6) is 1.58. The van der Waals surface area contributed by atoms with Crippen LogP contribution in [0, 0.1) is 6.92 Å². The van der Waals surface area contributed by atoms with Crippen LogP contribution >= 0.6 is 0 Å². The third-order valence-electron chi connectivity index (χ3n) is 3.95. The Morgan fingerprint density at radius 2 is 1.46 bits per heavy atom. The average molecular weight is 311 g/mol. The fourth-order valence-corrected chi connectivity index (χ4v) is 2.77. The zero-order valence-corrected chi connectivity index (χ0v) is 13.4. The van der Waals surface area contributed by atoms with Crippen LogP contribution in [0.25, 0.3) is 22.2 Å². The summed E-state index contributed by atoms with van der Waals surface area (Å²) in [6, 6.07) is 28.3. The highest BCUT2D eigenvalue weighted by atomic mass is 16.5. The molecular weight excluding hydrogens is 294 g/mol. The molecule has 0 N–H and O–H groups in total. The maximum atomic E-state index is 6.15. The number of rotatable bonds is 3. The van der Waals surface area contributed by atoms with Gasteiger partial charge in [0.25, 0.3) is 0 Å². The largest absolute Gasteiger partial charge is 0.455 e. The maximum absolute atomic E-state index is 6.15. The van der Waals surface area contributed by atoms with Crippen LogP contribution in [0.15, 0.2) is 84.9 Å². The van der Waals surface area contributed by atoms with Crippen molar-refractivity contribution < 1.29 is 4.74 Å². The van der Waals surface area contributed by atoms with Crippen LogP contribution < -0.4 is 4.74 Å². The molecule has 0 atom stereocenters. The van der Waals surface area contributed by atoms with E-state index < -0.39 is 0 Å². The molecule has 1 aromatic heterocycles. The number of para-hydroxylation sites is 1. The first-order chi connectivity index (χ1) is 11.8. The number of hydrogen-bond acceptors (Lipinski definition) is 2. The minimum Gasteiger partial charge on any atom is -0.455 e. The van der Waals surface area contributed by atoms with Crippen LogP contribution in [-0.4, -0.2) is 4.98 Å². The second kappa shape index (κ2) is 6.17. The van der Waals surface area contributed by atoms with E-state index in [1.54, 1.807) is 0 Å². The molecule has 0 aliphatic rings. The molecule has 4 rings (SSSR count). The Morgan fingerprint density at radius 1 is 0.750 bits per heavy atom. The van der Waals surface area contributed by atoms with Crippen LogP contribution in [0.3, 0.4) is 0 Å². The molecule has 0 saturated heterocycles. The van der Waals surface area contributed by atoms with Crippen LogP contribution in [0.4, 0.5) is 0 Å². The number of fused-ring (bicyclic) bond motifs is 1. The van der Waals surface area contributed by atoms with Gasteiger partial charge >= 0.3 is 0 Å². The highest BCUT2D eigenvalue weighted by Gasteiger charge is 2.11. The van der Waals surface area contributed by atoms with Crippen LogP contribution in [0.5, 0.6) is 11.5 Å². The van der Waals surface area contributed by atoms with Crippen molar-refractivity contribution in [2.45, 2.75) is 6.92 Å². The molecule has 0 bridgehead atoms. The quantitative estimate of drug-likeness (QED) is 0.463. The molecule has 0 aliphatic carbocycles. The van der Waals surface area contributed by atoms with E-state index in [2.05, 4.69) is 43.3 Å². The van der Waals surface area contributed by atoms with Gasteiger partial charge in [0.05, 0.1) is 5.52 Å². The van der Waals surface area contributed by atoms with Crippen molar-refractivity contribution in [1.29, 1.82) is 0 Å². The molecule has 0 saturated carbocycles. The summed E-state index contributed by atoms with van der Waals surface area (Å²) in [6.07, 6.45) is 0. The molecule has 24 heavy (non-hydrogen) atoms. The normalized spacial score (nSPS) is 10.7. The van der Waals surface area contributed by atoms with Crippen molar-refractivity contribution in [3.05, 3.63) is 90.5 Å². The number of aromatic nitrogens is 1. The maximum Gasteiger partial charge on any atom is 0.154 e. The van der Waals surface area contributed by atoms with Crippen molar-refractivity contribution in [1.82, 2.24) is 4.98 Å². The van der Waals surface area contributed by atoms with Gasteiger partial charge in [-0.1, -0.05) is 60.2 Å². The van der Waals surface area contributed by atoms with E-state index in [0.717, 1.165) is 33.7 Å². The summed E-state index contributed by atoms with van der Waals surface area (Å²) >= 11 is 0. The van der Waals surface area contributed by atoms with Gasteiger partial charge in [-0.3, -0.25) is 0 Å². The molecule has 0 aliphatic heterocycles. The SMILES string of the molecule is Cc1ccc2nc(-c3ccccc3)c(Oc3ccccc3)cc2c1. The number of pyridine rings is 1. The Balaban J connectivity index is 1.90. The number of benzene rings is 3. The summed E-state index contributed by atoms with van der Waals surface area (Å²) < 4.78 is 6.15. The summed E-state index contributed by atoms with van der Waals surface area (Å²) in [7, 11) is 0. The van der Waals surface area contributed by atoms with Gasteiger partial charge in [0, 0.05) is 10.9 Å². The van der Waals surface area contributed by atoms with Gasteiger partial charge in [-0.15, -0.1) is 0 Å². The Morgan fingerprint density at radius 3 is 2.21 bits per heavy atom. The second-order valence-corrected chi connectivity index (χ2v) is 5.81. The molecule has 3 aromatic carbocycles. The molecule has 0 spiro atoms. The van der Waals surface area contributed by atoms with E-state index in [9.17, 15) is 0 Å². The van der Waals surface area contributed by atoms with E-state index in [4.69, 9.17) is 9.72 Å². The first-order valence-corrected chi connectivity index (χ1v) is 7.99. The molecular formula is C22H17NO. The molecule has 0 unspecified atom stereocenters. The minimum atomic E-state index is 0.769. The topological polar surface area (TPSA) is 22.1 Å². The predicted octanol–water partition coefficient (Wildman–Crippen LogP) is 6.00. The van der Waals surface area contributed by atoms with Crippen LogP contribution in [0.2, 0.25) is 0 Å². The third-order valence-corrected chi connectivity index (χ3v) is 3.95. The smallest absolute Gasteiger partial charge is 0.154 e. The molecule has 2 heteroatoms. The van der Waals surface area contributed by atoms with Gasteiger partial charge in [0.1, 0.15) is 11.4 Å². The van der Waals surface area contributed by atoms with Gasteiger partial charge in [-0.2, -0.15) is 0 Å². The first kappa shape index (κ1) is 14.5. The summed E-state index contributed by atoms with van der Waals surface area (Å²) in [5.41, 5.74) is 4.09. The van der Waals surface area contributed by atoms with Gasteiger partial charge < -0.3 is 4.74 Å². The average Bonchev–Trinajstić information content (AvgIpc) is 2.63. The highest BCUT2D eigenvalue weighted by Crippen LogP contribution is 2.34. The highest BCUT2D eigenvalue weighted by molar-refractivity contribution is 5.85. The molecule has 0 radical (unpaired) electrons.